The number of aromatic nitrogens is 2. The van der Waals surface area contributed by atoms with Gasteiger partial charge < -0.3 is 14.6 Å². The first kappa shape index (κ1) is 20.3. The molecule has 1 aliphatic heterocycles. The predicted octanol–water partition coefficient (Wildman–Crippen LogP) is 5.00. The van der Waals surface area contributed by atoms with Gasteiger partial charge in [0.25, 0.3) is 12.4 Å². The van der Waals surface area contributed by atoms with E-state index in [1.807, 2.05) is 18.7 Å². The lowest BCUT2D eigenvalue weighted by molar-refractivity contribution is 0.151. The van der Waals surface area contributed by atoms with Gasteiger partial charge in [-0.1, -0.05) is 29.5 Å². The minimum absolute atomic E-state index is 0.0568. The number of alkyl halides is 2. The van der Waals surface area contributed by atoms with Gasteiger partial charge in [0.05, 0.1) is 22.8 Å². The summed E-state index contributed by atoms with van der Waals surface area (Å²) >= 11 is 1.42. The SMILES string of the molecule is CNC(=O)Nc1nc2c(s1)C(C)N(c1ncc(-c3cccc(C(F)F)c3)o1)C(C)C2. The number of anilines is 2. The zero-order valence-corrected chi connectivity index (χ0v) is 17.5. The summed E-state index contributed by atoms with van der Waals surface area (Å²) in [7, 11) is 1.55. The van der Waals surface area contributed by atoms with Gasteiger partial charge in [-0.3, -0.25) is 5.32 Å². The van der Waals surface area contributed by atoms with E-state index in [0.717, 1.165) is 10.6 Å². The second-order valence-corrected chi connectivity index (χ2v) is 8.13. The van der Waals surface area contributed by atoms with Crippen LogP contribution in [0.1, 0.15) is 42.4 Å². The van der Waals surface area contributed by atoms with E-state index in [4.69, 9.17) is 4.42 Å². The van der Waals surface area contributed by atoms with Crippen molar-refractivity contribution in [2.24, 2.45) is 0 Å². The predicted molar refractivity (Wildman–Crippen MR) is 111 cm³/mol. The van der Waals surface area contributed by atoms with Crippen LogP contribution in [0.3, 0.4) is 0 Å². The maximum Gasteiger partial charge on any atom is 0.320 e. The Bertz CT molecular complexity index is 1070. The molecule has 1 aliphatic rings. The number of nitrogens with zero attached hydrogens (tertiary/aromatic N) is 3. The van der Waals surface area contributed by atoms with Crippen molar-refractivity contribution in [3.05, 3.63) is 46.6 Å². The summed E-state index contributed by atoms with van der Waals surface area (Å²) in [6.45, 7) is 4.07. The van der Waals surface area contributed by atoms with Crippen LogP contribution in [0.4, 0.5) is 24.7 Å². The van der Waals surface area contributed by atoms with Crippen LogP contribution < -0.4 is 15.5 Å². The minimum atomic E-state index is -2.54. The van der Waals surface area contributed by atoms with Crippen LogP contribution >= 0.6 is 11.3 Å². The summed E-state index contributed by atoms with van der Waals surface area (Å²) in [5, 5.41) is 5.77. The van der Waals surface area contributed by atoms with Gasteiger partial charge in [0.1, 0.15) is 0 Å². The lowest BCUT2D eigenvalue weighted by atomic mass is 10.0. The van der Waals surface area contributed by atoms with Gasteiger partial charge >= 0.3 is 6.03 Å². The van der Waals surface area contributed by atoms with Crippen LogP contribution in [0.25, 0.3) is 11.3 Å². The Morgan fingerprint density at radius 1 is 1.37 bits per heavy atom. The third kappa shape index (κ3) is 3.74. The number of benzene rings is 1. The second-order valence-electron chi connectivity index (χ2n) is 7.10. The number of amides is 2. The Hall–Kier alpha value is -3.01. The van der Waals surface area contributed by atoms with E-state index in [-0.39, 0.29) is 23.7 Å². The molecule has 2 aromatic heterocycles. The molecule has 0 saturated carbocycles. The first-order chi connectivity index (χ1) is 14.4. The maximum absolute atomic E-state index is 13.0. The standard InChI is InChI=1S/C20H21F2N5O2S/c1-10-7-14-16(30-19(25-14)26-18(28)23-3)11(2)27(10)20-24-9-15(29-20)12-5-4-6-13(8-12)17(21)22/h4-6,8-11,17H,7H2,1-3H3,(H2,23,25,26,28). The first-order valence-corrected chi connectivity index (χ1v) is 10.3. The molecule has 0 bridgehead atoms. The lowest BCUT2D eigenvalue weighted by Gasteiger charge is -2.36. The zero-order valence-electron chi connectivity index (χ0n) is 16.6. The molecule has 10 heteroatoms. The van der Waals surface area contributed by atoms with E-state index in [1.165, 1.54) is 23.5 Å². The van der Waals surface area contributed by atoms with Gasteiger partial charge in [0.2, 0.25) is 0 Å². The molecule has 7 nitrogen and oxygen atoms in total. The second kappa shape index (κ2) is 8.02. The Labute approximate surface area is 176 Å². The molecule has 158 valence electrons. The number of carbonyl (C=O) groups is 1. The van der Waals surface area contributed by atoms with Crippen LogP contribution in [0.5, 0.6) is 0 Å². The van der Waals surface area contributed by atoms with E-state index in [9.17, 15) is 13.6 Å². The molecule has 0 fully saturated rings. The summed E-state index contributed by atoms with van der Waals surface area (Å²) in [6, 6.07) is 6.19. The third-order valence-corrected chi connectivity index (χ3v) is 6.26. The van der Waals surface area contributed by atoms with Gasteiger partial charge in [0, 0.05) is 30.6 Å². The number of oxazole rings is 1. The number of halogens is 2. The highest BCUT2D eigenvalue weighted by Crippen LogP contribution is 2.41. The molecule has 0 spiro atoms. The summed E-state index contributed by atoms with van der Waals surface area (Å²) in [6.07, 6.45) is -0.318. The monoisotopic (exact) mass is 433 g/mol. The van der Waals surface area contributed by atoms with Gasteiger partial charge in [-0.2, -0.15) is 0 Å². The van der Waals surface area contributed by atoms with Crippen LogP contribution in [0, 0.1) is 0 Å². The van der Waals surface area contributed by atoms with Crippen molar-refractivity contribution in [2.75, 3.05) is 17.3 Å². The molecule has 2 N–H and O–H groups in total. The molecule has 4 rings (SSSR count). The highest BCUT2D eigenvalue weighted by Gasteiger charge is 2.35. The average molecular weight is 433 g/mol. The molecule has 2 atom stereocenters. The Kier molecular flexibility index (Phi) is 5.42. The van der Waals surface area contributed by atoms with Crippen molar-refractivity contribution >= 4 is 28.5 Å². The van der Waals surface area contributed by atoms with Gasteiger partial charge in [-0.15, -0.1) is 0 Å². The van der Waals surface area contributed by atoms with E-state index in [1.54, 1.807) is 25.4 Å². The molecule has 1 aromatic carbocycles. The maximum atomic E-state index is 13.0. The topological polar surface area (TPSA) is 83.3 Å². The van der Waals surface area contributed by atoms with Gasteiger partial charge in [-0.25, -0.2) is 23.5 Å². The molecule has 0 saturated heterocycles. The normalized spacial score (nSPS) is 18.4. The van der Waals surface area contributed by atoms with Crippen LogP contribution in [-0.4, -0.2) is 29.1 Å². The molecule has 30 heavy (non-hydrogen) atoms. The first-order valence-electron chi connectivity index (χ1n) is 9.48. The van der Waals surface area contributed by atoms with Gasteiger partial charge in [0.15, 0.2) is 10.9 Å². The van der Waals surface area contributed by atoms with Crippen molar-refractivity contribution < 1.29 is 18.0 Å². The van der Waals surface area contributed by atoms with Crippen LogP contribution in [-0.2, 0) is 6.42 Å². The zero-order chi connectivity index (χ0) is 21.4. The molecule has 3 heterocycles. The van der Waals surface area contributed by atoms with E-state index >= 15 is 0 Å². The molecule has 0 radical (unpaired) electrons. The average Bonchev–Trinajstić information content (AvgIpc) is 3.35. The highest BCUT2D eigenvalue weighted by molar-refractivity contribution is 7.16. The number of carbonyl (C=O) groups excluding carboxylic acids is 1. The number of fused-ring (bicyclic) bond motifs is 1. The fraction of sp³-hybridized carbons (Fsp3) is 0.350. The molecular formula is C20H21F2N5O2S. The number of nitrogens with one attached hydrogen (secondary N) is 2. The summed E-state index contributed by atoms with van der Waals surface area (Å²) in [4.78, 5) is 23.6. The molecule has 0 aliphatic carbocycles. The van der Waals surface area contributed by atoms with Crippen molar-refractivity contribution in [3.8, 4) is 11.3 Å². The van der Waals surface area contributed by atoms with Crippen molar-refractivity contribution in [2.45, 2.75) is 38.8 Å². The van der Waals surface area contributed by atoms with Crippen molar-refractivity contribution in [1.29, 1.82) is 0 Å². The van der Waals surface area contributed by atoms with Crippen molar-refractivity contribution in [1.82, 2.24) is 15.3 Å². The molecule has 2 amide bonds. The lowest BCUT2D eigenvalue weighted by Crippen LogP contribution is -2.40. The van der Waals surface area contributed by atoms with E-state index < -0.39 is 6.43 Å². The molecule has 3 aromatic rings. The van der Waals surface area contributed by atoms with Crippen LogP contribution in [0.15, 0.2) is 34.9 Å². The Morgan fingerprint density at radius 2 is 2.17 bits per heavy atom. The largest absolute Gasteiger partial charge is 0.423 e. The number of hydrogen-bond acceptors (Lipinski definition) is 6. The summed E-state index contributed by atoms with van der Waals surface area (Å²) in [5.74, 6) is 0.434. The smallest absolute Gasteiger partial charge is 0.320 e. The number of thiazole rings is 1. The van der Waals surface area contributed by atoms with E-state index in [2.05, 4.69) is 20.6 Å². The molecular weight excluding hydrogens is 412 g/mol. The molecule has 2 unspecified atom stereocenters. The fourth-order valence-electron chi connectivity index (χ4n) is 3.64. The van der Waals surface area contributed by atoms with Crippen molar-refractivity contribution in [3.63, 3.8) is 0 Å². The summed E-state index contributed by atoms with van der Waals surface area (Å²) < 4.78 is 32.0. The summed E-state index contributed by atoms with van der Waals surface area (Å²) in [5.41, 5.74) is 1.44. The number of urea groups is 1. The number of hydrogen-bond donors (Lipinski definition) is 2. The number of rotatable bonds is 4. The highest BCUT2D eigenvalue weighted by atomic mass is 32.1. The van der Waals surface area contributed by atoms with E-state index in [0.29, 0.717) is 28.9 Å². The quantitative estimate of drug-likeness (QED) is 0.605. The van der Waals surface area contributed by atoms with Crippen LogP contribution in [0.2, 0.25) is 0 Å². The third-order valence-electron chi connectivity index (χ3n) is 5.07. The van der Waals surface area contributed by atoms with Gasteiger partial charge in [-0.05, 0) is 19.9 Å². The fourth-order valence-corrected chi connectivity index (χ4v) is 4.67. The Morgan fingerprint density at radius 3 is 2.90 bits per heavy atom. The Balaban J connectivity index is 1.61. The minimum Gasteiger partial charge on any atom is -0.423 e.